The van der Waals surface area contributed by atoms with Crippen LogP contribution in [-0.4, -0.2) is 0 Å². The van der Waals surface area contributed by atoms with Gasteiger partial charge in [0.1, 0.15) is 0 Å². The third-order valence-corrected chi connectivity index (χ3v) is 15.3. The van der Waals surface area contributed by atoms with Gasteiger partial charge in [0.15, 0.2) is 0 Å². The number of benzene rings is 12. The zero-order chi connectivity index (χ0) is 48.3. The number of nitrogens with zero attached hydrogens (tertiary/aromatic N) is 2. The lowest BCUT2D eigenvalue weighted by molar-refractivity contribution is 0.793. The Labute approximate surface area is 427 Å². The second-order valence-corrected chi connectivity index (χ2v) is 19.2. The van der Waals surface area contributed by atoms with Gasteiger partial charge in [-0.25, -0.2) is 0 Å². The van der Waals surface area contributed by atoms with Crippen molar-refractivity contribution in [2.75, 3.05) is 9.80 Å². The van der Waals surface area contributed by atoms with Crippen LogP contribution in [0.3, 0.4) is 0 Å². The SMILES string of the molecule is c1ccc(-c2ccccc2N(c2ccc(-c3ccc(-c4ccc(N(c5ccccc5)c5ccc6c(c5)C5(c7ccccc7-c7ccccc75)c5ccccc5-6)cc4)cc3)cc2)c2ccc3ccccc3c2)cc1. The Bertz CT molecular complexity index is 3940. The Hall–Kier alpha value is -9.50. The Morgan fingerprint density at radius 1 is 0.205 bits per heavy atom. The van der Waals surface area contributed by atoms with Gasteiger partial charge in [0.2, 0.25) is 0 Å². The molecule has 73 heavy (non-hydrogen) atoms. The number of rotatable bonds is 9. The average molecular weight is 929 g/mol. The highest BCUT2D eigenvalue weighted by Gasteiger charge is 2.51. The topological polar surface area (TPSA) is 6.48 Å². The second kappa shape index (κ2) is 17.4. The van der Waals surface area contributed by atoms with E-state index in [1.54, 1.807) is 0 Å². The molecule has 0 aromatic heterocycles. The van der Waals surface area contributed by atoms with E-state index in [0.717, 1.165) is 34.1 Å². The van der Waals surface area contributed by atoms with Crippen LogP contribution in [0.25, 0.3) is 66.4 Å². The summed E-state index contributed by atoms with van der Waals surface area (Å²) in [5.41, 5.74) is 23.9. The largest absolute Gasteiger partial charge is 0.310 e. The summed E-state index contributed by atoms with van der Waals surface area (Å²) in [5, 5.41) is 2.44. The van der Waals surface area contributed by atoms with Gasteiger partial charge in [-0.3, -0.25) is 0 Å². The Balaban J connectivity index is 0.789. The molecule has 2 heteroatoms. The zero-order valence-electron chi connectivity index (χ0n) is 40.1. The smallest absolute Gasteiger partial charge is 0.0726 e. The lowest BCUT2D eigenvalue weighted by Gasteiger charge is -2.32. The summed E-state index contributed by atoms with van der Waals surface area (Å²) in [6.45, 7) is 0. The maximum absolute atomic E-state index is 2.46. The van der Waals surface area contributed by atoms with Gasteiger partial charge in [-0.1, -0.05) is 224 Å². The number of hydrogen-bond donors (Lipinski definition) is 0. The van der Waals surface area contributed by atoms with Crippen molar-refractivity contribution in [2.45, 2.75) is 5.41 Å². The highest BCUT2D eigenvalue weighted by Crippen LogP contribution is 2.63. The van der Waals surface area contributed by atoms with Gasteiger partial charge in [-0.2, -0.15) is 0 Å². The van der Waals surface area contributed by atoms with Crippen molar-refractivity contribution in [3.05, 3.63) is 313 Å². The van der Waals surface area contributed by atoms with Gasteiger partial charge in [-0.05, 0) is 150 Å². The first-order valence-corrected chi connectivity index (χ1v) is 25.2. The van der Waals surface area contributed by atoms with Crippen LogP contribution in [-0.2, 0) is 5.41 Å². The third-order valence-electron chi connectivity index (χ3n) is 15.3. The summed E-state index contributed by atoms with van der Waals surface area (Å²) >= 11 is 0. The standard InChI is InChI=1S/C71H48N2/c1-3-18-54(19-4-1)61-23-12-16-30-70(61)73(59-44-39-49-17-7-8-20-55(49)47-59)58-42-37-53(38-43-58)51-33-31-50(32-34-51)52-35-40-57(41-36-52)72(56-21-5-2-6-22-56)60-45-46-65-64-26-11-15-29-68(64)71(69(65)48-60)66-27-13-9-24-62(66)63-25-10-14-28-67(63)71/h1-48H. The quantitative estimate of drug-likeness (QED) is 0.142. The van der Waals surface area contributed by atoms with Gasteiger partial charge < -0.3 is 9.80 Å². The number of fused-ring (bicyclic) bond motifs is 11. The highest BCUT2D eigenvalue weighted by atomic mass is 15.1. The van der Waals surface area contributed by atoms with Crippen molar-refractivity contribution in [1.29, 1.82) is 0 Å². The predicted molar refractivity (Wildman–Crippen MR) is 306 cm³/mol. The maximum atomic E-state index is 2.46. The molecule has 342 valence electrons. The minimum atomic E-state index is -0.414. The monoisotopic (exact) mass is 928 g/mol. The first-order chi connectivity index (χ1) is 36.2. The van der Waals surface area contributed by atoms with E-state index >= 15 is 0 Å². The molecule has 2 aliphatic carbocycles. The van der Waals surface area contributed by atoms with Gasteiger partial charge >= 0.3 is 0 Å². The molecule has 0 saturated carbocycles. The zero-order valence-corrected chi connectivity index (χ0v) is 40.1. The van der Waals surface area contributed by atoms with Crippen LogP contribution in [0.4, 0.5) is 34.1 Å². The van der Waals surface area contributed by atoms with Crippen LogP contribution >= 0.6 is 0 Å². The van der Waals surface area contributed by atoms with Crippen molar-refractivity contribution in [1.82, 2.24) is 0 Å². The van der Waals surface area contributed by atoms with Gasteiger partial charge in [0.25, 0.3) is 0 Å². The molecule has 0 fully saturated rings. The van der Waals surface area contributed by atoms with E-state index < -0.39 is 5.41 Å². The van der Waals surface area contributed by atoms with Crippen LogP contribution in [0.5, 0.6) is 0 Å². The predicted octanol–water partition coefficient (Wildman–Crippen LogP) is 19.1. The van der Waals surface area contributed by atoms with Crippen molar-refractivity contribution in [3.8, 4) is 55.6 Å². The Morgan fingerprint density at radius 2 is 0.589 bits per heavy atom. The van der Waals surface area contributed by atoms with E-state index in [2.05, 4.69) is 301 Å². The molecule has 0 saturated heterocycles. The summed E-state index contributed by atoms with van der Waals surface area (Å²) in [4.78, 5) is 4.79. The van der Waals surface area contributed by atoms with Crippen molar-refractivity contribution < 1.29 is 0 Å². The van der Waals surface area contributed by atoms with E-state index in [-0.39, 0.29) is 0 Å². The van der Waals surface area contributed by atoms with Crippen molar-refractivity contribution in [2.24, 2.45) is 0 Å². The molecule has 0 atom stereocenters. The Morgan fingerprint density at radius 3 is 1.16 bits per heavy atom. The molecule has 0 bridgehead atoms. The lowest BCUT2D eigenvalue weighted by Crippen LogP contribution is -2.26. The summed E-state index contributed by atoms with van der Waals surface area (Å²) in [6.07, 6.45) is 0. The lowest BCUT2D eigenvalue weighted by atomic mass is 9.70. The maximum Gasteiger partial charge on any atom is 0.0726 e. The summed E-state index contributed by atoms with van der Waals surface area (Å²) < 4.78 is 0. The molecule has 0 heterocycles. The van der Waals surface area contributed by atoms with Crippen LogP contribution in [0.1, 0.15) is 22.3 Å². The molecule has 0 unspecified atom stereocenters. The van der Waals surface area contributed by atoms with Gasteiger partial charge in [-0.15, -0.1) is 0 Å². The molecule has 1 spiro atoms. The molecule has 2 nitrogen and oxygen atoms in total. The van der Waals surface area contributed by atoms with Crippen LogP contribution in [0.15, 0.2) is 291 Å². The summed E-state index contributed by atoms with van der Waals surface area (Å²) in [7, 11) is 0. The third kappa shape index (κ3) is 6.94. The number of hydrogen-bond acceptors (Lipinski definition) is 2. The fourth-order valence-electron chi connectivity index (χ4n) is 12.0. The van der Waals surface area contributed by atoms with Gasteiger partial charge in [0, 0.05) is 34.0 Å². The van der Waals surface area contributed by atoms with E-state index in [4.69, 9.17) is 0 Å². The van der Waals surface area contributed by atoms with E-state index in [1.807, 2.05) is 0 Å². The second-order valence-electron chi connectivity index (χ2n) is 19.2. The molecule has 14 rings (SSSR count). The minimum Gasteiger partial charge on any atom is -0.310 e. The molecule has 0 N–H and O–H groups in total. The Kier molecular flexibility index (Phi) is 10.1. The van der Waals surface area contributed by atoms with Gasteiger partial charge in [0.05, 0.1) is 11.1 Å². The van der Waals surface area contributed by atoms with E-state index in [9.17, 15) is 0 Å². The normalized spacial score (nSPS) is 12.5. The molecule has 2 aliphatic rings. The van der Waals surface area contributed by atoms with Crippen LogP contribution in [0.2, 0.25) is 0 Å². The first kappa shape index (κ1) is 42.4. The first-order valence-electron chi connectivity index (χ1n) is 25.2. The van der Waals surface area contributed by atoms with Crippen molar-refractivity contribution >= 4 is 44.9 Å². The molecule has 0 amide bonds. The van der Waals surface area contributed by atoms with Crippen LogP contribution in [0, 0.1) is 0 Å². The highest BCUT2D eigenvalue weighted by molar-refractivity contribution is 5.97. The minimum absolute atomic E-state index is 0.414. The van der Waals surface area contributed by atoms with Crippen LogP contribution < -0.4 is 9.80 Å². The average Bonchev–Trinajstić information content (AvgIpc) is 3.94. The summed E-state index contributed by atoms with van der Waals surface area (Å²) in [6, 6.07) is 107. The molecule has 0 radical (unpaired) electrons. The number of anilines is 6. The van der Waals surface area contributed by atoms with E-state index in [1.165, 1.54) is 88.7 Å². The van der Waals surface area contributed by atoms with E-state index in [0.29, 0.717) is 0 Å². The van der Waals surface area contributed by atoms with Crippen molar-refractivity contribution in [3.63, 3.8) is 0 Å². The molecular weight excluding hydrogens is 881 g/mol. The molecule has 12 aromatic rings. The molecule has 12 aromatic carbocycles. The fraction of sp³-hybridized carbons (Fsp3) is 0.0141. The molecule has 0 aliphatic heterocycles. The fourth-order valence-corrected chi connectivity index (χ4v) is 12.0. The summed E-state index contributed by atoms with van der Waals surface area (Å²) in [5.74, 6) is 0. The molecular formula is C71H48N2. The number of para-hydroxylation sites is 2.